The molecular weight excluding hydrogens is 164 g/mol. The second kappa shape index (κ2) is 2.46. The highest BCUT2D eigenvalue weighted by atomic mass is 32.1. The molecule has 1 heteroatoms. The molecule has 0 N–H and O–H groups in total. The zero-order chi connectivity index (χ0) is 8.77. The fourth-order valence-corrected chi connectivity index (χ4v) is 2.64. The van der Waals surface area contributed by atoms with E-state index in [2.05, 4.69) is 38.3 Å². The summed E-state index contributed by atoms with van der Waals surface area (Å²) in [5.74, 6) is 0. The standard InChI is InChI=1S/C11H14S/c1-8-7-12-10-4-5-11(2,3)6-9(8)10/h4-5,7H,6H2,1-3H3. The Labute approximate surface area is 77.9 Å². The molecular formula is C11H14S. The Morgan fingerprint density at radius 2 is 2.17 bits per heavy atom. The lowest BCUT2D eigenvalue weighted by atomic mass is 9.81. The van der Waals surface area contributed by atoms with E-state index in [1.165, 1.54) is 16.9 Å². The predicted octanol–water partition coefficient (Wildman–Crippen LogP) is 3.65. The third-order valence-electron chi connectivity index (χ3n) is 2.45. The van der Waals surface area contributed by atoms with Gasteiger partial charge in [0.1, 0.15) is 0 Å². The fraction of sp³-hybridized carbons (Fsp3) is 0.455. The largest absolute Gasteiger partial charge is 0.144 e. The lowest BCUT2D eigenvalue weighted by Gasteiger charge is -2.24. The topological polar surface area (TPSA) is 0 Å². The molecule has 0 spiro atoms. The van der Waals surface area contributed by atoms with E-state index < -0.39 is 0 Å². The van der Waals surface area contributed by atoms with Crippen molar-refractivity contribution in [2.75, 3.05) is 0 Å². The third-order valence-corrected chi connectivity index (χ3v) is 3.56. The molecule has 0 bridgehead atoms. The van der Waals surface area contributed by atoms with Gasteiger partial charge in [0.15, 0.2) is 0 Å². The monoisotopic (exact) mass is 178 g/mol. The second-order valence-corrected chi connectivity index (χ2v) is 5.17. The first-order valence-electron chi connectivity index (χ1n) is 4.35. The minimum Gasteiger partial charge on any atom is -0.144 e. The van der Waals surface area contributed by atoms with Crippen molar-refractivity contribution in [2.45, 2.75) is 27.2 Å². The summed E-state index contributed by atoms with van der Waals surface area (Å²) < 4.78 is 0. The molecule has 2 rings (SSSR count). The Morgan fingerprint density at radius 3 is 2.92 bits per heavy atom. The number of rotatable bonds is 0. The van der Waals surface area contributed by atoms with Crippen LogP contribution < -0.4 is 0 Å². The van der Waals surface area contributed by atoms with Crippen LogP contribution in [-0.4, -0.2) is 0 Å². The fourth-order valence-electron chi connectivity index (χ4n) is 1.67. The minimum absolute atomic E-state index is 0.360. The molecule has 0 aliphatic heterocycles. The normalized spacial score (nSPS) is 19.2. The molecule has 1 aromatic rings. The van der Waals surface area contributed by atoms with Gasteiger partial charge in [-0.3, -0.25) is 0 Å². The molecule has 1 aliphatic rings. The maximum atomic E-state index is 2.32. The van der Waals surface area contributed by atoms with Gasteiger partial charge in [-0.15, -0.1) is 11.3 Å². The average Bonchev–Trinajstić information content (AvgIpc) is 2.31. The number of hydrogen-bond donors (Lipinski definition) is 0. The van der Waals surface area contributed by atoms with Crippen molar-refractivity contribution in [3.63, 3.8) is 0 Å². The summed E-state index contributed by atoms with van der Waals surface area (Å²) in [6, 6.07) is 0. The van der Waals surface area contributed by atoms with Gasteiger partial charge >= 0.3 is 0 Å². The number of aryl methyl sites for hydroxylation is 1. The molecule has 0 aromatic carbocycles. The smallest absolute Gasteiger partial charge is 0.0302 e. The van der Waals surface area contributed by atoms with E-state index >= 15 is 0 Å². The highest BCUT2D eigenvalue weighted by Gasteiger charge is 2.22. The van der Waals surface area contributed by atoms with Crippen LogP contribution in [0, 0.1) is 12.3 Å². The zero-order valence-corrected chi connectivity index (χ0v) is 8.66. The molecule has 0 nitrogen and oxygen atoms in total. The van der Waals surface area contributed by atoms with E-state index in [1.807, 2.05) is 11.3 Å². The van der Waals surface area contributed by atoms with Crippen LogP contribution in [0.3, 0.4) is 0 Å². The van der Waals surface area contributed by atoms with Crippen LogP contribution in [0.25, 0.3) is 6.08 Å². The predicted molar refractivity (Wildman–Crippen MR) is 55.6 cm³/mol. The molecule has 0 atom stereocenters. The summed E-state index contributed by atoms with van der Waals surface area (Å²) in [5, 5.41) is 2.26. The van der Waals surface area contributed by atoms with Crippen LogP contribution in [-0.2, 0) is 6.42 Å². The molecule has 1 aromatic heterocycles. The Bertz CT molecular complexity index is 329. The van der Waals surface area contributed by atoms with Gasteiger partial charge < -0.3 is 0 Å². The molecule has 1 heterocycles. The van der Waals surface area contributed by atoms with Crippen molar-refractivity contribution in [2.24, 2.45) is 5.41 Å². The van der Waals surface area contributed by atoms with Crippen LogP contribution >= 0.6 is 11.3 Å². The lowest BCUT2D eigenvalue weighted by Crippen LogP contribution is -2.14. The summed E-state index contributed by atoms with van der Waals surface area (Å²) in [6.07, 6.45) is 5.80. The van der Waals surface area contributed by atoms with E-state index in [0.29, 0.717) is 5.41 Å². The highest BCUT2D eigenvalue weighted by Crippen LogP contribution is 2.36. The van der Waals surface area contributed by atoms with E-state index in [1.54, 1.807) is 5.56 Å². The zero-order valence-electron chi connectivity index (χ0n) is 7.85. The Morgan fingerprint density at radius 1 is 1.42 bits per heavy atom. The van der Waals surface area contributed by atoms with Crippen LogP contribution in [0.15, 0.2) is 11.5 Å². The molecule has 0 saturated carbocycles. The van der Waals surface area contributed by atoms with Gasteiger partial charge in [0.2, 0.25) is 0 Å². The molecule has 64 valence electrons. The molecule has 0 fully saturated rings. The van der Waals surface area contributed by atoms with Gasteiger partial charge in [-0.05, 0) is 41.3 Å². The number of allylic oxidation sites excluding steroid dienone is 1. The molecule has 0 saturated heterocycles. The van der Waals surface area contributed by atoms with Crippen molar-refractivity contribution in [1.29, 1.82) is 0 Å². The average molecular weight is 178 g/mol. The summed E-state index contributed by atoms with van der Waals surface area (Å²) >= 11 is 1.87. The molecule has 0 amide bonds. The summed E-state index contributed by atoms with van der Waals surface area (Å²) in [7, 11) is 0. The summed E-state index contributed by atoms with van der Waals surface area (Å²) in [4.78, 5) is 1.46. The van der Waals surface area contributed by atoms with Gasteiger partial charge in [-0.1, -0.05) is 19.9 Å². The molecule has 0 unspecified atom stereocenters. The van der Waals surface area contributed by atoms with Crippen molar-refractivity contribution < 1.29 is 0 Å². The van der Waals surface area contributed by atoms with Crippen LogP contribution in [0.4, 0.5) is 0 Å². The van der Waals surface area contributed by atoms with Crippen molar-refractivity contribution in [3.8, 4) is 0 Å². The second-order valence-electron chi connectivity index (χ2n) is 4.26. The molecule has 12 heavy (non-hydrogen) atoms. The van der Waals surface area contributed by atoms with Gasteiger partial charge in [0.25, 0.3) is 0 Å². The van der Waals surface area contributed by atoms with Gasteiger partial charge in [-0.2, -0.15) is 0 Å². The SMILES string of the molecule is Cc1csc2c1CC(C)(C)C=C2. The first-order chi connectivity index (χ1) is 5.58. The Balaban J connectivity index is 2.49. The minimum atomic E-state index is 0.360. The van der Waals surface area contributed by atoms with Crippen molar-refractivity contribution in [3.05, 3.63) is 27.5 Å². The van der Waals surface area contributed by atoms with Crippen molar-refractivity contribution >= 4 is 17.4 Å². The van der Waals surface area contributed by atoms with Crippen molar-refractivity contribution in [1.82, 2.24) is 0 Å². The van der Waals surface area contributed by atoms with Crippen LogP contribution in [0.2, 0.25) is 0 Å². The van der Waals surface area contributed by atoms with E-state index in [9.17, 15) is 0 Å². The quantitative estimate of drug-likeness (QED) is 0.569. The van der Waals surface area contributed by atoms with E-state index in [0.717, 1.165) is 0 Å². The van der Waals surface area contributed by atoms with Gasteiger partial charge in [-0.25, -0.2) is 0 Å². The summed E-state index contributed by atoms with van der Waals surface area (Å²) in [5.41, 5.74) is 3.39. The molecule has 1 aliphatic carbocycles. The third kappa shape index (κ3) is 1.22. The Kier molecular flexibility index (Phi) is 1.65. The van der Waals surface area contributed by atoms with Gasteiger partial charge in [0, 0.05) is 4.88 Å². The Hall–Kier alpha value is -0.560. The number of fused-ring (bicyclic) bond motifs is 1. The first kappa shape index (κ1) is 8.06. The van der Waals surface area contributed by atoms with E-state index in [4.69, 9.17) is 0 Å². The highest BCUT2D eigenvalue weighted by molar-refractivity contribution is 7.11. The molecule has 0 radical (unpaired) electrons. The number of thiophene rings is 1. The maximum absolute atomic E-state index is 2.32. The summed E-state index contributed by atoms with van der Waals surface area (Å²) in [6.45, 7) is 6.80. The first-order valence-corrected chi connectivity index (χ1v) is 5.23. The van der Waals surface area contributed by atoms with Gasteiger partial charge in [0.05, 0.1) is 0 Å². The lowest BCUT2D eigenvalue weighted by molar-refractivity contribution is 0.475. The van der Waals surface area contributed by atoms with E-state index in [-0.39, 0.29) is 0 Å². The van der Waals surface area contributed by atoms with Crippen LogP contribution in [0.5, 0.6) is 0 Å². The number of hydrogen-bond acceptors (Lipinski definition) is 1. The van der Waals surface area contributed by atoms with Crippen LogP contribution in [0.1, 0.15) is 29.9 Å². The maximum Gasteiger partial charge on any atom is 0.0302 e.